The van der Waals surface area contributed by atoms with Crippen LogP contribution < -0.4 is 10.5 Å². The van der Waals surface area contributed by atoms with Gasteiger partial charge in [-0.1, -0.05) is 32.0 Å². The second-order valence-corrected chi connectivity index (χ2v) is 9.21. The Morgan fingerprint density at radius 2 is 1.86 bits per heavy atom. The van der Waals surface area contributed by atoms with Gasteiger partial charge in [-0.15, -0.1) is 0 Å². The van der Waals surface area contributed by atoms with Crippen LogP contribution in [0.5, 0.6) is 11.6 Å². The number of amides is 2. The number of nitrogens with zero attached hydrogens (tertiary/aromatic N) is 3. The van der Waals surface area contributed by atoms with Crippen molar-refractivity contribution in [1.29, 1.82) is 0 Å². The maximum atomic E-state index is 14.7. The van der Waals surface area contributed by atoms with Crippen molar-refractivity contribution < 1.29 is 23.5 Å². The zero-order valence-electron chi connectivity index (χ0n) is 19.5. The normalized spacial score (nSPS) is 17.2. The molecule has 1 saturated heterocycles. The van der Waals surface area contributed by atoms with Crippen LogP contribution in [0.15, 0.2) is 48.7 Å². The summed E-state index contributed by atoms with van der Waals surface area (Å²) < 4.78 is 25.9. The fourth-order valence-electron chi connectivity index (χ4n) is 4.56. The largest absolute Gasteiger partial charge is 0.435 e. The number of para-hydroxylation sites is 1. The zero-order valence-corrected chi connectivity index (χ0v) is 19.5. The third-order valence-electron chi connectivity index (χ3n) is 6.64. The van der Waals surface area contributed by atoms with Gasteiger partial charge in [-0.3, -0.25) is 14.6 Å². The van der Waals surface area contributed by atoms with Gasteiger partial charge in [-0.05, 0) is 24.3 Å². The SMILES string of the molecule is CC(C)(C(N)=O)[C@@H]1c2ccc(-c3ccc(C(=O)N4CCOCC4)nc3)nc2Oc2c(F)cccc21. The molecule has 2 amide bonds. The lowest BCUT2D eigenvalue weighted by molar-refractivity contribution is -0.126. The fourth-order valence-corrected chi connectivity index (χ4v) is 4.56. The monoisotopic (exact) mass is 476 g/mol. The number of nitrogens with two attached hydrogens (primary N) is 1. The topological polar surface area (TPSA) is 108 Å². The molecule has 2 aliphatic heterocycles. The van der Waals surface area contributed by atoms with Crippen molar-refractivity contribution in [3.05, 3.63) is 71.3 Å². The van der Waals surface area contributed by atoms with Crippen LogP contribution in [-0.2, 0) is 9.53 Å². The van der Waals surface area contributed by atoms with Crippen molar-refractivity contribution in [2.75, 3.05) is 26.3 Å². The summed E-state index contributed by atoms with van der Waals surface area (Å²) >= 11 is 0. The summed E-state index contributed by atoms with van der Waals surface area (Å²) in [5, 5.41) is 0. The van der Waals surface area contributed by atoms with Crippen LogP contribution in [0, 0.1) is 11.2 Å². The van der Waals surface area contributed by atoms with E-state index in [2.05, 4.69) is 9.97 Å². The Labute approximate surface area is 201 Å². The summed E-state index contributed by atoms with van der Waals surface area (Å²) in [4.78, 5) is 35.7. The maximum absolute atomic E-state index is 14.7. The lowest BCUT2D eigenvalue weighted by Gasteiger charge is -2.36. The van der Waals surface area contributed by atoms with Crippen molar-refractivity contribution >= 4 is 11.8 Å². The Bertz CT molecular complexity index is 1300. The number of carbonyl (C=O) groups excluding carboxylic acids is 2. The molecule has 0 spiro atoms. The highest BCUT2D eigenvalue weighted by atomic mass is 19.1. The number of benzene rings is 1. The van der Waals surface area contributed by atoms with E-state index < -0.39 is 23.1 Å². The van der Waals surface area contributed by atoms with E-state index in [4.69, 9.17) is 15.2 Å². The molecule has 0 saturated carbocycles. The second kappa shape index (κ2) is 8.74. The van der Waals surface area contributed by atoms with Gasteiger partial charge in [0.15, 0.2) is 11.6 Å². The molecule has 9 heteroatoms. The zero-order chi connectivity index (χ0) is 24.7. The van der Waals surface area contributed by atoms with Crippen LogP contribution in [0.3, 0.4) is 0 Å². The van der Waals surface area contributed by atoms with Gasteiger partial charge in [0.2, 0.25) is 11.8 Å². The molecular weight excluding hydrogens is 451 g/mol. The number of fused-ring (bicyclic) bond motifs is 2. The molecule has 2 aromatic heterocycles. The minimum absolute atomic E-state index is 0.0357. The highest BCUT2D eigenvalue weighted by molar-refractivity contribution is 5.92. The molecular formula is C26H25FN4O4. The molecule has 2 N–H and O–H groups in total. The summed E-state index contributed by atoms with van der Waals surface area (Å²) in [6.07, 6.45) is 1.57. The summed E-state index contributed by atoms with van der Waals surface area (Å²) in [5.74, 6) is -1.51. The summed E-state index contributed by atoms with van der Waals surface area (Å²) in [5.41, 5.74) is 7.44. The Morgan fingerprint density at radius 1 is 1.09 bits per heavy atom. The molecule has 1 aromatic carbocycles. The predicted molar refractivity (Wildman–Crippen MR) is 125 cm³/mol. The molecule has 3 aromatic rings. The maximum Gasteiger partial charge on any atom is 0.272 e. The highest BCUT2D eigenvalue weighted by Gasteiger charge is 2.43. The molecule has 35 heavy (non-hydrogen) atoms. The molecule has 0 radical (unpaired) electrons. The van der Waals surface area contributed by atoms with E-state index in [0.29, 0.717) is 54.4 Å². The molecule has 180 valence electrons. The number of hydrogen-bond donors (Lipinski definition) is 1. The number of morpholine rings is 1. The number of halogens is 1. The molecule has 2 aliphatic rings. The van der Waals surface area contributed by atoms with E-state index in [-0.39, 0.29) is 17.5 Å². The van der Waals surface area contributed by atoms with E-state index in [1.807, 2.05) is 6.07 Å². The van der Waals surface area contributed by atoms with Crippen LogP contribution in [0.25, 0.3) is 11.3 Å². The molecule has 0 bridgehead atoms. The van der Waals surface area contributed by atoms with E-state index in [0.717, 1.165) is 0 Å². The van der Waals surface area contributed by atoms with Gasteiger partial charge in [-0.2, -0.15) is 0 Å². The first-order valence-corrected chi connectivity index (χ1v) is 11.4. The van der Waals surface area contributed by atoms with E-state index in [9.17, 15) is 14.0 Å². The van der Waals surface area contributed by atoms with Crippen molar-refractivity contribution in [3.63, 3.8) is 0 Å². The quantitative estimate of drug-likeness (QED) is 0.618. The molecule has 5 rings (SSSR count). The van der Waals surface area contributed by atoms with Crippen LogP contribution >= 0.6 is 0 Å². The van der Waals surface area contributed by atoms with Gasteiger partial charge in [0.1, 0.15) is 5.69 Å². The average molecular weight is 477 g/mol. The number of hydrogen-bond acceptors (Lipinski definition) is 6. The number of aromatic nitrogens is 2. The summed E-state index contributed by atoms with van der Waals surface area (Å²) in [7, 11) is 0. The van der Waals surface area contributed by atoms with Gasteiger partial charge < -0.3 is 20.1 Å². The first-order valence-electron chi connectivity index (χ1n) is 11.4. The van der Waals surface area contributed by atoms with Crippen LogP contribution in [0.2, 0.25) is 0 Å². The Kier molecular flexibility index (Phi) is 5.72. The first kappa shape index (κ1) is 22.9. The van der Waals surface area contributed by atoms with Gasteiger partial charge >= 0.3 is 0 Å². The highest BCUT2D eigenvalue weighted by Crippen LogP contribution is 2.52. The summed E-state index contributed by atoms with van der Waals surface area (Å²) in [6, 6.07) is 11.6. The van der Waals surface area contributed by atoms with Crippen LogP contribution in [-0.4, -0.2) is 53.0 Å². The van der Waals surface area contributed by atoms with Gasteiger partial charge in [0, 0.05) is 41.9 Å². The molecule has 8 nitrogen and oxygen atoms in total. The summed E-state index contributed by atoms with van der Waals surface area (Å²) in [6.45, 7) is 5.55. The van der Waals surface area contributed by atoms with Gasteiger partial charge in [-0.25, -0.2) is 9.37 Å². The predicted octanol–water partition coefficient (Wildman–Crippen LogP) is 3.50. The van der Waals surface area contributed by atoms with Crippen LogP contribution in [0.1, 0.15) is 41.4 Å². The number of ether oxygens (including phenoxy) is 2. The molecule has 1 fully saturated rings. The number of pyridine rings is 2. The van der Waals surface area contributed by atoms with Crippen molar-refractivity contribution in [2.45, 2.75) is 19.8 Å². The van der Waals surface area contributed by atoms with Gasteiger partial charge in [0.05, 0.1) is 24.3 Å². The number of rotatable bonds is 4. The minimum Gasteiger partial charge on any atom is -0.435 e. The number of carbonyl (C=O) groups is 2. The Morgan fingerprint density at radius 3 is 2.54 bits per heavy atom. The molecule has 1 atom stereocenters. The smallest absolute Gasteiger partial charge is 0.272 e. The van der Waals surface area contributed by atoms with Crippen molar-refractivity contribution in [2.24, 2.45) is 11.1 Å². The third-order valence-corrected chi connectivity index (χ3v) is 6.64. The first-order chi connectivity index (χ1) is 16.8. The third kappa shape index (κ3) is 4.01. The van der Waals surface area contributed by atoms with E-state index in [1.165, 1.54) is 6.07 Å². The molecule has 0 aliphatic carbocycles. The lowest BCUT2D eigenvalue weighted by atomic mass is 9.70. The standard InChI is InChI=1S/C26H25FN4O4/c1-26(2,25(28)33)21-16-4-3-5-18(27)22(16)35-23-17(21)7-9-19(30-23)15-6-8-20(29-14-15)24(32)31-10-12-34-13-11-31/h3-9,14,21H,10-13H2,1-2H3,(H2,28,33)/t21-/m0/s1. The minimum atomic E-state index is -1.02. The number of primary amides is 1. The van der Waals surface area contributed by atoms with E-state index >= 15 is 0 Å². The average Bonchev–Trinajstić information content (AvgIpc) is 2.87. The Hall–Kier alpha value is -3.85. The molecule has 4 heterocycles. The van der Waals surface area contributed by atoms with Gasteiger partial charge in [0.25, 0.3) is 5.91 Å². The van der Waals surface area contributed by atoms with E-state index in [1.54, 1.807) is 55.3 Å². The molecule has 0 unspecified atom stereocenters. The Balaban J connectivity index is 1.50. The lowest BCUT2D eigenvalue weighted by Crippen LogP contribution is -2.41. The van der Waals surface area contributed by atoms with Crippen molar-refractivity contribution in [3.8, 4) is 22.9 Å². The second-order valence-electron chi connectivity index (χ2n) is 9.21. The van der Waals surface area contributed by atoms with Crippen LogP contribution in [0.4, 0.5) is 4.39 Å². The van der Waals surface area contributed by atoms with Crippen molar-refractivity contribution in [1.82, 2.24) is 14.9 Å². The fraction of sp³-hybridized carbons (Fsp3) is 0.308.